The number of nitrogens with one attached hydrogen (secondary N) is 1. The summed E-state index contributed by atoms with van der Waals surface area (Å²) in [5, 5.41) is 16.7. The fourth-order valence-corrected chi connectivity index (χ4v) is 2.98. The summed E-state index contributed by atoms with van der Waals surface area (Å²) in [6.45, 7) is 4.98. The van der Waals surface area contributed by atoms with E-state index in [-0.39, 0.29) is 37.7 Å². The quantitative estimate of drug-likeness (QED) is 0.756. The molecule has 0 bridgehead atoms. The molecule has 2 N–H and O–H groups in total. The molecular weight excluding hydrogens is 362 g/mol. The van der Waals surface area contributed by atoms with Gasteiger partial charge in [0.05, 0.1) is 18.5 Å². The molecule has 0 saturated carbocycles. The highest BCUT2D eigenvalue weighted by Crippen LogP contribution is 2.25. The second-order valence-electron chi connectivity index (χ2n) is 7.28. The fraction of sp³-hybridized carbons (Fsp3) is 0.450. The van der Waals surface area contributed by atoms with Crippen molar-refractivity contribution in [2.45, 2.75) is 32.2 Å². The predicted molar refractivity (Wildman–Crippen MR) is 102 cm³/mol. The van der Waals surface area contributed by atoms with Crippen LogP contribution in [0.25, 0.3) is 5.69 Å². The molecule has 1 saturated heterocycles. The molecule has 28 heavy (non-hydrogen) atoms. The summed E-state index contributed by atoms with van der Waals surface area (Å²) in [4.78, 5) is 24.8. The molecule has 8 heteroatoms. The van der Waals surface area contributed by atoms with Gasteiger partial charge in [0.15, 0.2) is 11.4 Å². The lowest BCUT2D eigenvalue weighted by atomic mass is 9.90. The number of para-hydroxylation sites is 1. The van der Waals surface area contributed by atoms with Gasteiger partial charge in [0.1, 0.15) is 5.54 Å². The van der Waals surface area contributed by atoms with Crippen LogP contribution in [0.5, 0.6) is 5.75 Å². The Labute approximate surface area is 163 Å². The SMILES string of the molecule is CC(C)COc1cn(-c2ccccc2)nc1C(=O)NC1(C(=O)O)CCOCC1. The summed E-state index contributed by atoms with van der Waals surface area (Å²) in [7, 11) is 0. The molecule has 0 aliphatic carbocycles. The maximum atomic E-state index is 13.0. The monoisotopic (exact) mass is 387 g/mol. The van der Waals surface area contributed by atoms with Gasteiger partial charge in [-0.15, -0.1) is 0 Å². The first-order valence-corrected chi connectivity index (χ1v) is 9.33. The summed E-state index contributed by atoms with van der Waals surface area (Å²) in [5.74, 6) is -1.06. The molecule has 1 aromatic heterocycles. The van der Waals surface area contributed by atoms with Crippen LogP contribution in [0.4, 0.5) is 0 Å². The van der Waals surface area contributed by atoms with Crippen LogP contribution in [0, 0.1) is 5.92 Å². The van der Waals surface area contributed by atoms with Gasteiger partial charge in [-0.25, -0.2) is 9.48 Å². The third-order valence-corrected chi connectivity index (χ3v) is 4.60. The number of aliphatic carboxylic acids is 1. The number of hydrogen-bond acceptors (Lipinski definition) is 5. The minimum atomic E-state index is -1.36. The number of nitrogens with zero attached hydrogens (tertiary/aromatic N) is 2. The summed E-state index contributed by atoms with van der Waals surface area (Å²) in [6.07, 6.45) is 2.05. The maximum absolute atomic E-state index is 13.0. The standard InChI is InChI=1S/C20H25N3O5/c1-14(2)13-28-16-12-23(15-6-4-3-5-7-15)22-17(16)18(24)21-20(19(25)26)8-10-27-11-9-20/h3-7,12,14H,8-11,13H2,1-2H3,(H,21,24)(H,25,26). The van der Waals surface area contributed by atoms with E-state index in [4.69, 9.17) is 9.47 Å². The van der Waals surface area contributed by atoms with Crippen molar-refractivity contribution < 1.29 is 24.2 Å². The Balaban J connectivity index is 1.90. The second kappa shape index (κ2) is 8.43. The lowest BCUT2D eigenvalue weighted by Gasteiger charge is -2.33. The van der Waals surface area contributed by atoms with E-state index in [0.29, 0.717) is 12.4 Å². The van der Waals surface area contributed by atoms with Crippen molar-refractivity contribution in [1.82, 2.24) is 15.1 Å². The molecule has 1 fully saturated rings. The van der Waals surface area contributed by atoms with Crippen LogP contribution in [0.3, 0.4) is 0 Å². The number of ether oxygens (including phenoxy) is 2. The van der Waals surface area contributed by atoms with Gasteiger partial charge in [-0.2, -0.15) is 5.10 Å². The molecule has 0 spiro atoms. The van der Waals surface area contributed by atoms with Crippen molar-refractivity contribution in [2.24, 2.45) is 5.92 Å². The van der Waals surface area contributed by atoms with Crippen LogP contribution in [-0.2, 0) is 9.53 Å². The Bertz CT molecular complexity index is 826. The highest BCUT2D eigenvalue weighted by molar-refractivity contribution is 5.98. The van der Waals surface area contributed by atoms with Gasteiger partial charge < -0.3 is 19.9 Å². The first kappa shape index (κ1) is 19.9. The van der Waals surface area contributed by atoms with Crippen LogP contribution in [0.15, 0.2) is 36.5 Å². The van der Waals surface area contributed by atoms with Crippen molar-refractivity contribution in [1.29, 1.82) is 0 Å². The number of rotatable bonds is 7. The number of carboxylic acids is 1. The van der Waals surface area contributed by atoms with E-state index in [1.807, 2.05) is 44.2 Å². The third kappa shape index (κ3) is 4.33. The van der Waals surface area contributed by atoms with E-state index >= 15 is 0 Å². The average molecular weight is 387 g/mol. The maximum Gasteiger partial charge on any atom is 0.329 e. The number of carbonyl (C=O) groups excluding carboxylic acids is 1. The number of carbonyl (C=O) groups is 2. The van der Waals surface area contributed by atoms with Crippen molar-refractivity contribution in [3.8, 4) is 11.4 Å². The van der Waals surface area contributed by atoms with Crippen LogP contribution >= 0.6 is 0 Å². The lowest BCUT2D eigenvalue weighted by molar-refractivity contribution is -0.148. The largest absolute Gasteiger partial charge is 0.489 e. The topological polar surface area (TPSA) is 103 Å². The predicted octanol–water partition coefficient (Wildman–Crippen LogP) is 2.27. The van der Waals surface area contributed by atoms with Gasteiger partial charge in [-0.05, 0) is 18.1 Å². The second-order valence-corrected chi connectivity index (χ2v) is 7.28. The lowest BCUT2D eigenvalue weighted by Crippen LogP contribution is -2.57. The molecule has 8 nitrogen and oxygen atoms in total. The molecule has 2 heterocycles. The smallest absolute Gasteiger partial charge is 0.329 e. The minimum Gasteiger partial charge on any atom is -0.489 e. The third-order valence-electron chi connectivity index (χ3n) is 4.60. The number of carboxylic acid groups (broad SMARTS) is 1. The molecule has 2 aromatic rings. The van der Waals surface area contributed by atoms with Crippen LogP contribution in [0.2, 0.25) is 0 Å². The molecule has 1 aliphatic rings. The average Bonchev–Trinajstić information content (AvgIpc) is 3.12. The number of hydrogen-bond donors (Lipinski definition) is 2. The van der Waals surface area contributed by atoms with Crippen LogP contribution < -0.4 is 10.1 Å². The normalized spacial score (nSPS) is 16.0. The molecule has 3 rings (SSSR count). The zero-order chi connectivity index (χ0) is 20.1. The van der Waals surface area contributed by atoms with Gasteiger partial charge in [-0.1, -0.05) is 32.0 Å². The van der Waals surface area contributed by atoms with Crippen LogP contribution in [-0.4, -0.2) is 52.1 Å². The highest BCUT2D eigenvalue weighted by atomic mass is 16.5. The van der Waals surface area contributed by atoms with E-state index in [1.165, 1.54) is 0 Å². The Hall–Kier alpha value is -2.87. The molecule has 1 aromatic carbocycles. The van der Waals surface area contributed by atoms with Gasteiger partial charge in [0, 0.05) is 26.1 Å². The van der Waals surface area contributed by atoms with Crippen molar-refractivity contribution >= 4 is 11.9 Å². The first-order valence-electron chi connectivity index (χ1n) is 9.33. The van der Waals surface area contributed by atoms with E-state index < -0.39 is 17.4 Å². The Morgan fingerprint density at radius 1 is 1.29 bits per heavy atom. The molecule has 0 unspecified atom stereocenters. The summed E-state index contributed by atoms with van der Waals surface area (Å²) < 4.78 is 12.6. The Kier molecular flexibility index (Phi) is 5.99. The Morgan fingerprint density at radius 3 is 2.57 bits per heavy atom. The summed E-state index contributed by atoms with van der Waals surface area (Å²) in [5.41, 5.74) is -0.521. The molecule has 150 valence electrons. The zero-order valence-corrected chi connectivity index (χ0v) is 16.1. The van der Waals surface area contributed by atoms with Gasteiger partial charge in [-0.3, -0.25) is 4.79 Å². The molecule has 0 radical (unpaired) electrons. The van der Waals surface area contributed by atoms with E-state index in [9.17, 15) is 14.7 Å². The fourth-order valence-electron chi connectivity index (χ4n) is 2.98. The van der Waals surface area contributed by atoms with Gasteiger partial charge in [0.25, 0.3) is 5.91 Å². The van der Waals surface area contributed by atoms with Crippen molar-refractivity contribution in [2.75, 3.05) is 19.8 Å². The molecular formula is C20H25N3O5. The van der Waals surface area contributed by atoms with Crippen molar-refractivity contribution in [3.63, 3.8) is 0 Å². The molecule has 0 atom stereocenters. The zero-order valence-electron chi connectivity index (χ0n) is 16.1. The minimum absolute atomic E-state index is 0.0663. The summed E-state index contributed by atoms with van der Waals surface area (Å²) >= 11 is 0. The van der Waals surface area contributed by atoms with Crippen LogP contribution in [0.1, 0.15) is 37.2 Å². The summed E-state index contributed by atoms with van der Waals surface area (Å²) in [6, 6.07) is 9.34. The number of aromatic nitrogens is 2. The Morgan fingerprint density at radius 2 is 1.96 bits per heavy atom. The molecule has 1 amide bonds. The van der Waals surface area contributed by atoms with E-state index in [0.717, 1.165) is 5.69 Å². The highest BCUT2D eigenvalue weighted by Gasteiger charge is 2.42. The van der Waals surface area contributed by atoms with Gasteiger partial charge in [0.2, 0.25) is 0 Å². The molecule has 1 aliphatic heterocycles. The number of benzene rings is 1. The van der Waals surface area contributed by atoms with Crippen molar-refractivity contribution in [3.05, 3.63) is 42.2 Å². The van der Waals surface area contributed by atoms with E-state index in [1.54, 1.807) is 10.9 Å². The van der Waals surface area contributed by atoms with Gasteiger partial charge >= 0.3 is 5.97 Å². The first-order chi connectivity index (χ1) is 13.4. The number of amides is 1. The van der Waals surface area contributed by atoms with E-state index in [2.05, 4.69) is 10.4 Å².